The fourth-order valence-corrected chi connectivity index (χ4v) is 2.41. The highest BCUT2D eigenvalue weighted by atomic mass is 16.5. The minimum atomic E-state index is -0.244. The number of carbonyl (C=O) groups is 1. The maximum Gasteiger partial charge on any atom is 0.258 e. The average molecular weight is 325 g/mol. The molecule has 1 unspecified atom stereocenters. The second-order valence-corrected chi connectivity index (χ2v) is 5.37. The number of fused-ring (bicyclic) bond motifs is 1. The van der Waals surface area contributed by atoms with Crippen LogP contribution in [0.2, 0.25) is 0 Å². The van der Waals surface area contributed by atoms with E-state index in [0.29, 0.717) is 17.3 Å². The Balaban J connectivity index is 1.60. The monoisotopic (exact) mass is 325 g/mol. The summed E-state index contributed by atoms with van der Waals surface area (Å²) in [6.07, 6.45) is 0. The molecule has 3 rings (SSSR count). The second-order valence-electron chi connectivity index (χ2n) is 5.37. The van der Waals surface area contributed by atoms with Gasteiger partial charge in [-0.2, -0.15) is 0 Å². The fourth-order valence-electron chi connectivity index (χ4n) is 2.41. The van der Waals surface area contributed by atoms with Gasteiger partial charge in [0, 0.05) is 0 Å². The van der Waals surface area contributed by atoms with Crippen molar-refractivity contribution < 1.29 is 14.3 Å². The first kappa shape index (κ1) is 15.9. The van der Waals surface area contributed by atoms with Crippen LogP contribution in [0.15, 0.2) is 48.5 Å². The summed E-state index contributed by atoms with van der Waals surface area (Å²) >= 11 is 0. The van der Waals surface area contributed by atoms with Crippen molar-refractivity contribution in [2.45, 2.75) is 13.0 Å². The smallest absolute Gasteiger partial charge is 0.258 e. The van der Waals surface area contributed by atoms with Crippen molar-refractivity contribution in [2.75, 3.05) is 13.7 Å². The van der Waals surface area contributed by atoms with Gasteiger partial charge in [0.25, 0.3) is 5.91 Å². The standard InChI is InChI=1S/C18H19N3O3/c1-12(18-20-13-7-3-4-8-14(13)21-18)19-17(22)11-24-16-10-6-5-9-15(16)23-2/h3-10,12H,11H2,1-2H3,(H,19,22)(H,20,21). The van der Waals surface area contributed by atoms with Crippen LogP contribution in [0.25, 0.3) is 11.0 Å². The lowest BCUT2D eigenvalue weighted by Gasteiger charge is -2.13. The van der Waals surface area contributed by atoms with E-state index in [1.807, 2.05) is 43.3 Å². The lowest BCUT2D eigenvalue weighted by atomic mass is 10.3. The predicted octanol–water partition coefficient (Wildman–Crippen LogP) is 2.83. The third-order valence-corrected chi connectivity index (χ3v) is 3.62. The molecule has 0 aliphatic heterocycles. The summed E-state index contributed by atoms with van der Waals surface area (Å²) in [6.45, 7) is 1.78. The minimum absolute atomic E-state index is 0.0923. The molecule has 3 aromatic rings. The van der Waals surface area contributed by atoms with Crippen molar-refractivity contribution in [3.63, 3.8) is 0 Å². The van der Waals surface area contributed by atoms with Crippen molar-refractivity contribution in [3.05, 3.63) is 54.4 Å². The second kappa shape index (κ2) is 7.04. The molecule has 1 amide bonds. The molecule has 6 heteroatoms. The first-order valence-corrected chi connectivity index (χ1v) is 7.67. The number of imidazole rings is 1. The normalized spacial score (nSPS) is 11.9. The van der Waals surface area contributed by atoms with Gasteiger partial charge in [0.1, 0.15) is 5.82 Å². The maximum absolute atomic E-state index is 12.1. The number of carbonyl (C=O) groups excluding carboxylic acids is 1. The molecule has 0 spiro atoms. The van der Waals surface area contributed by atoms with Gasteiger partial charge in [0.05, 0.1) is 24.2 Å². The van der Waals surface area contributed by atoms with Crippen molar-refractivity contribution >= 4 is 16.9 Å². The molecule has 0 saturated heterocycles. The Morgan fingerprint density at radius 1 is 1.17 bits per heavy atom. The van der Waals surface area contributed by atoms with Gasteiger partial charge in [-0.25, -0.2) is 4.98 Å². The summed E-state index contributed by atoms with van der Waals surface area (Å²) < 4.78 is 10.7. The molecular weight excluding hydrogens is 306 g/mol. The Labute approximate surface area is 139 Å². The molecule has 0 aliphatic rings. The number of rotatable bonds is 6. The molecule has 0 saturated carbocycles. The molecule has 124 valence electrons. The highest BCUT2D eigenvalue weighted by Crippen LogP contribution is 2.25. The van der Waals surface area contributed by atoms with E-state index in [1.165, 1.54) is 0 Å². The number of aromatic nitrogens is 2. The van der Waals surface area contributed by atoms with Gasteiger partial charge in [0.15, 0.2) is 18.1 Å². The minimum Gasteiger partial charge on any atom is -0.493 e. The van der Waals surface area contributed by atoms with Crippen molar-refractivity contribution in [2.24, 2.45) is 0 Å². The van der Waals surface area contributed by atoms with Crippen molar-refractivity contribution in [3.8, 4) is 11.5 Å². The molecule has 0 aliphatic carbocycles. The van der Waals surface area contributed by atoms with Crippen LogP contribution in [-0.2, 0) is 4.79 Å². The Morgan fingerprint density at radius 3 is 2.62 bits per heavy atom. The van der Waals surface area contributed by atoms with E-state index in [4.69, 9.17) is 9.47 Å². The molecule has 24 heavy (non-hydrogen) atoms. The van der Waals surface area contributed by atoms with Crippen molar-refractivity contribution in [1.82, 2.24) is 15.3 Å². The zero-order valence-electron chi connectivity index (χ0n) is 13.6. The van der Waals surface area contributed by atoms with Crippen LogP contribution in [-0.4, -0.2) is 29.6 Å². The van der Waals surface area contributed by atoms with Gasteiger partial charge in [-0.3, -0.25) is 4.79 Å². The van der Waals surface area contributed by atoms with Crippen LogP contribution in [0.5, 0.6) is 11.5 Å². The van der Waals surface area contributed by atoms with Gasteiger partial charge < -0.3 is 19.8 Å². The van der Waals surface area contributed by atoms with E-state index in [1.54, 1.807) is 19.2 Å². The van der Waals surface area contributed by atoms with E-state index >= 15 is 0 Å². The van der Waals surface area contributed by atoms with Crippen LogP contribution >= 0.6 is 0 Å². The number of nitrogens with one attached hydrogen (secondary N) is 2. The molecule has 2 N–H and O–H groups in total. The predicted molar refractivity (Wildman–Crippen MR) is 91.1 cm³/mol. The van der Waals surface area contributed by atoms with Crippen LogP contribution in [0.3, 0.4) is 0 Å². The summed E-state index contributed by atoms with van der Waals surface area (Å²) in [5.74, 6) is 1.61. The number of benzene rings is 2. The lowest BCUT2D eigenvalue weighted by molar-refractivity contribution is -0.123. The summed E-state index contributed by atoms with van der Waals surface area (Å²) in [4.78, 5) is 19.8. The number of para-hydroxylation sites is 4. The molecule has 2 aromatic carbocycles. The molecule has 1 atom stereocenters. The molecule has 0 fully saturated rings. The molecule has 1 heterocycles. The number of nitrogens with zero attached hydrogens (tertiary/aromatic N) is 1. The number of ether oxygens (including phenoxy) is 2. The van der Waals surface area contributed by atoms with Crippen LogP contribution in [0.1, 0.15) is 18.8 Å². The Bertz CT molecular complexity index is 811. The molecule has 0 radical (unpaired) electrons. The van der Waals surface area contributed by atoms with Gasteiger partial charge in [-0.05, 0) is 31.2 Å². The highest BCUT2D eigenvalue weighted by molar-refractivity contribution is 5.78. The highest BCUT2D eigenvalue weighted by Gasteiger charge is 2.14. The summed E-state index contributed by atoms with van der Waals surface area (Å²) in [6, 6.07) is 14.7. The Kier molecular flexibility index (Phi) is 4.65. The lowest BCUT2D eigenvalue weighted by Crippen LogP contribution is -2.31. The SMILES string of the molecule is COc1ccccc1OCC(=O)NC(C)c1nc2ccccc2[nH]1. The van der Waals surface area contributed by atoms with Crippen molar-refractivity contribution in [1.29, 1.82) is 0 Å². The fraction of sp³-hybridized carbons (Fsp3) is 0.222. The van der Waals surface area contributed by atoms with Gasteiger partial charge >= 0.3 is 0 Å². The van der Waals surface area contributed by atoms with E-state index in [2.05, 4.69) is 15.3 Å². The number of amides is 1. The zero-order valence-corrected chi connectivity index (χ0v) is 13.6. The number of hydrogen-bond donors (Lipinski definition) is 2. The topological polar surface area (TPSA) is 76.2 Å². The van der Waals surface area contributed by atoms with E-state index in [9.17, 15) is 4.79 Å². The number of aromatic amines is 1. The summed E-state index contributed by atoms with van der Waals surface area (Å²) in [5.41, 5.74) is 1.82. The van der Waals surface area contributed by atoms with Crippen LogP contribution in [0.4, 0.5) is 0 Å². The molecule has 0 bridgehead atoms. The largest absolute Gasteiger partial charge is 0.493 e. The van der Waals surface area contributed by atoms with E-state index in [0.717, 1.165) is 11.0 Å². The average Bonchev–Trinajstić information content (AvgIpc) is 3.04. The summed E-state index contributed by atoms with van der Waals surface area (Å²) in [7, 11) is 1.56. The maximum atomic E-state index is 12.1. The van der Waals surface area contributed by atoms with Crippen LogP contribution in [0, 0.1) is 0 Å². The van der Waals surface area contributed by atoms with Gasteiger partial charge in [-0.1, -0.05) is 24.3 Å². The third kappa shape index (κ3) is 3.48. The molecule has 1 aromatic heterocycles. The number of methoxy groups -OCH3 is 1. The van der Waals surface area contributed by atoms with E-state index in [-0.39, 0.29) is 18.6 Å². The van der Waals surface area contributed by atoms with Crippen LogP contribution < -0.4 is 14.8 Å². The quantitative estimate of drug-likeness (QED) is 0.731. The first-order chi connectivity index (χ1) is 11.7. The molecule has 6 nitrogen and oxygen atoms in total. The van der Waals surface area contributed by atoms with Gasteiger partial charge in [-0.15, -0.1) is 0 Å². The summed E-state index contributed by atoms with van der Waals surface area (Å²) in [5, 5.41) is 2.87. The van der Waals surface area contributed by atoms with Gasteiger partial charge in [0.2, 0.25) is 0 Å². The molecular formula is C18H19N3O3. The van der Waals surface area contributed by atoms with E-state index < -0.39 is 0 Å². The zero-order chi connectivity index (χ0) is 16.9. The Morgan fingerprint density at radius 2 is 1.88 bits per heavy atom. The Hall–Kier alpha value is -3.02. The number of hydrogen-bond acceptors (Lipinski definition) is 4. The first-order valence-electron chi connectivity index (χ1n) is 7.67. The number of H-pyrrole nitrogens is 1. The third-order valence-electron chi connectivity index (χ3n) is 3.62.